The van der Waals surface area contributed by atoms with Gasteiger partial charge in [0.2, 0.25) is 5.91 Å². The van der Waals surface area contributed by atoms with Crippen LogP contribution in [0.1, 0.15) is 5.69 Å². The zero-order chi connectivity index (χ0) is 12.8. The van der Waals surface area contributed by atoms with E-state index in [9.17, 15) is 13.6 Å². The van der Waals surface area contributed by atoms with Crippen molar-refractivity contribution in [2.75, 3.05) is 25.5 Å². The second-order valence-electron chi connectivity index (χ2n) is 3.80. The fraction of sp³-hybridized carbons (Fsp3) is 0.455. The molecule has 0 aromatic carbocycles. The number of pyridine rings is 1. The van der Waals surface area contributed by atoms with Crippen LogP contribution in [0.3, 0.4) is 0 Å². The van der Waals surface area contributed by atoms with Crippen molar-refractivity contribution in [3.63, 3.8) is 0 Å². The molecule has 17 heavy (non-hydrogen) atoms. The number of nitrogens with one attached hydrogen (secondary N) is 1. The first kappa shape index (κ1) is 13.5. The average molecular weight is 243 g/mol. The Morgan fingerprint density at radius 3 is 2.82 bits per heavy atom. The first-order valence-corrected chi connectivity index (χ1v) is 5.17. The van der Waals surface area contributed by atoms with Crippen molar-refractivity contribution >= 4 is 11.7 Å². The first-order valence-electron chi connectivity index (χ1n) is 5.17. The second-order valence-corrected chi connectivity index (χ2v) is 3.80. The van der Waals surface area contributed by atoms with E-state index in [1.54, 1.807) is 25.1 Å². The molecule has 0 aliphatic carbocycles. The highest BCUT2D eigenvalue weighted by molar-refractivity contribution is 5.91. The van der Waals surface area contributed by atoms with Crippen LogP contribution in [0.2, 0.25) is 0 Å². The van der Waals surface area contributed by atoms with Crippen LogP contribution in [-0.4, -0.2) is 42.4 Å². The summed E-state index contributed by atoms with van der Waals surface area (Å²) in [6.07, 6.45) is -2.44. The summed E-state index contributed by atoms with van der Waals surface area (Å²) >= 11 is 0. The van der Waals surface area contributed by atoms with Gasteiger partial charge in [0.25, 0.3) is 6.43 Å². The molecular formula is C11H15F2N3O. The summed E-state index contributed by atoms with van der Waals surface area (Å²) in [5, 5.41) is 2.55. The second kappa shape index (κ2) is 6.24. The summed E-state index contributed by atoms with van der Waals surface area (Å²) in [4.78, 5) is 16.8. The molecule has 0 saturated heterocycles. The molecule has 4 nitrogen and oxygen atoms in total. The van der Waals surface area contributed by atoms with Crippen LogP contribution in [-0.2, 0) is 4.79 Å². The van der Waals surface area contributed by atoms with Gasteiger partial charge in [-0.25, -0.2) is 13.8 Å². The van der Waals surface area contributed by atoms with Crippen molar-refractivity contribution in [1.29, 1.82) is 0 Å². The maximum absolute atomic E-state index is 12.0. The van der Waals surface area contributed by atoms with Crippen molar-refractivity contribution in [2.45, 2.75) is 13.3 Å². The van der Waals surface area contributed by atoms with Gasteiger partial charge < -0.3 is 5.32 Å². The van der Waals surface area contributed by atoms with Crippen LogP contribution in [0.25, 0.3) is 0 Å². The smallest absolute Gasteiger partial charge is 0.251 e. The van der Waals surface area contributed by atoms with Gasteiger partial charge in [-0.3, -0.25) is 9.69 Å². The molecule has 0 unspecified atom stereocenters. The lowest BCUT2D eigenvalue weighted by Crippen LogP contribution is -2.33. The molecule has 0 fully saturated rings. The lowest BCUT2D eigenvalue weighted by Gasteiger charge is -2.15. The van der Waals surface area contributed by atoms with Crippen LogP contribution in [0.5, 0.6) is 0 Å². The van der Waals surface area contributed by atoms with Crippen molar-refractivity contribution in [3.8, 4) is 0 Å². The van der Waals surface area contributed by atoms with Gasteiger partial charge in [-0.15, -0.1) is 0 Å². The summed E-state index contributed by atoms with van der Waals surface area (Å²) in [6, 6.07) is 5.22. The Kier molecular flexibility index (Phi) is 4.96. The molecule has 0 spiro atoms. The van der Waals surface area contributed by atoms with E-state index in [2.05, 4.69) is 10.3 Å². The zero-order valence-corrected chi connectivity index (χ0v) is 9.78. The van der Waals surface area contributed by atoms with Gasteiger partial charge in [0.1, 0.15) is 5.82 Å². The molecule has 1 heterocycles. The molecule has 1 amide bonds. The Morgan fingerprint density at radius 1 is 1.53 bits per heavy atom. The van der Waals surface area contributed by atoms with E-state index in [0.717, 1.165) is 5.69 Å². The molecule has 0 aliphatic heterocycles. The maximum Gasteiger partial charge on any atom is 0.251 e. The maximum atomic E-state index is 12.0. The van der Waals surface area contributed by atoms with E-state index < -0.39 is 13.0 Å². The van der Waals surface area contributed by atoms with E-state index in [0.29, 0.717) is 5.82 Å². The number of rotatable bonds is 5. The van der Waals surface area contributed by atoms with Crippen LogP contribution in [0.15, 0.2) is 18.2 Å². The Morgan fingerprint density at radius 2 is 2.24 bits per heavy atom. The third kappa shape index (κ3) is 5.35. The van der Waals surface area contributed by atoms with E-state index in [-0.39, 0.29) is 12.5 Å². The van der Waals surface area contributed by atoms with E-state index in [1.807, 2.05) is 0 Å². The fourth-order valence-corrected chi connectivity index (χ4v) is 1.34. The summed E-state index contributed by atoms with van der Waals surface area (Å²) in [5.74, 6) is 0.0756. The van der Waals surface area contributed by atoms with Gasteiger partial charge in [-0.2, -0.15) is 0 Å². The summed E-state index contributed by atoms with van der Waals surface area (Å²) in [5.41, 5.74) is 0.781. The lowest BCUT2D eigenvalue weighted by molar-refractivity contribution is -0.117. The standard InChI is InChI=1S/C11H15F2N3O/c1-8-4-3-5-10(14-8)15-11(17)7-16(2)6-9(12)13/h3-5,9H,6-7H2,1-2H3,(H,14,15,17). The largest absolute Gasteiger partial charge is 0.310 e. The number of aromatic nitrogens is 1. The van der Waals surface area contributed by atoms with Crippen LogP contribution in [0.4, 0.5) is 14.6 Å². The Labute approximate surface area is 98.6 Å². The third-order valence-electron chi connectivity index (χ3n) is 2.02. The van der Waals surface area contributed by atoms with Gasteiger partial charge in [-0.05, 0) is 26.1 Å². The molecule has 1 aromatic rings. The number of anilines is 1. The van der Waals surface area contributed by atoms with Gasteiger partial charge in [0.05, 0.1) is 13.1 Å². The molecular weight excluding hydrogens is 228 g/mol. The van der Waals surface area contributed by atoms with E-state index >= 15 is 0 Å². The lowest BCUT2D eigenvalue weighted by atomic mass is 10.3. The van der Waals surface area contributed by atoms with Crippen LogP contribution >= 0.6 is 0 Å². The third-order valence-corrected chi connectivity index (χ3v) is 2.02. The summed E-state index contributed by atoms with van der Waals surface area (Å²) < 4.78 is 24.1. The zero-order valence-electron chi connectivity index (χ0n) is 9.78. The SMILES string of the molecule is Cc1cccc(NC(=O)CN(C)CC(F)F)n1. The molecule has 0 atom stereocenters. The number of carbonyl (C=O) groups is 1. The minimum Gasteiger partial charge on any atom is -0.310 e. The monoisotopic (exact) mass is 243 g/mol. The number of carbonyl (C=O) groups excluding carboxylic acids is 1. The molecule has 94 valence electrons. The van der Waals surface area contributed by atoms with Gasteiger partial charge >= 0.3 is 0 Å². The van der Waals surface area contributed by atoms with Gasteiger partial charge in [0, 0.05) is 5.69 Å². The number of hydrogen-bond acceptors (Lipinski definition) is 3. The molecule has 0 radical (unpaired) electrons. The van der Waals surface area contributed by atoms with Crippen molar-refractivity contribution in [1.82, 2.24) is 9.88 Å². The summed E-state index contributed by atoms with van der Waals surface area (Å²) in [6.45, 7) is 1.30. The predicted molar refractivity (Wildman–Crippen MR) is 61.1 cm³/mol. The Hall–Kier alpha value is -1.56. The van der Waals surface area contributed by atoms with E-state index in [4.69, 9.17) is 0 Å². The van der Waals surface area contributed by atoms with Crippen LogP contribution < -0.4 is 5.32 Å². The Balaban J connectivity index is 2.44. The molecule has 0 saturated carbocycles. The van der Waals surface area contributed by atoms with Gasteiger partial charge in [-0.1, -0.05) is 6.07 Å². The highest BCUT2D eigenvalue weighted by atomic mass is 19.3. The number of alkyl halides is 2. The number of hydrogen-bond donors (Lipinski definition) is 1. The van der Waals surface area contributed by atoms with Crippen LogP contribution in [0, 0.1) is 6.92 Å². The van der Waals surface area contributed by atoms with Crippen molar-refractivity contribution in [3.05, 3.63) is 23.9 Å². The predicted octanol–water partition coefficient (Wildman–Crippen LogP) is 1.53. The highest BCUT2D eigenvalue weighted by Gasteiger charge is 2.11. The minimum atomic E-state index is -2.44. The molecule has 1 N–H and O–H groups in total. The summed E-state index contributed by atoms with van der Waals surface area (Å²) in [7, 11) is 1.47. The number of halogens is 2. The van der Waals surface area contributed by atoms with E-state index in [1.165, 1.54) is 11.9 Å². The Bertz CT molecular complexity index is 385. The van der Waals surface area contributed by atoms with Crippen molar-refractivity contribution < 1.29 is 13.6 Å². The first-order chi connectivity index (χ1) is 7.97. The quantitative estimate of drug-likeness (QED) is 0.853. The molecule has 1 aromatic heterocycles. The minimum absolute atomic E-state index is 0.0834. The normalized spacial score (nSPS) is 10.9. The van der Waals surface area contributed by atoms with Gasteiger partial charge in [0.15, 0.2) is 0 Å². The topological polar surface area (TPSA) is 45.2 Å². The highest BCUT2D eigenvalue weighted by Crippen LogP contribution is 2.04. The fourth-order valence-electron chi connectivity index (χ4n) is 1.34. The number of aryl methyl sites for hydroxylation is 1. The molecule has 6 heteroatoms. The number of amides is 1. The number of nitrogens with zero attached hydrogens (tertiary/aromatic N) is 2. The molecule has 0 bridgehead atoms. The molecule has 1 rings (SSSR count). The van der Waals surface area contributed by atoms with Crippen molar-refractivity contribution in [2.24, 2.45) is 0 Å². The molecule has 0 aliphatic rings. The number of likely N-dealkylation sites (N-methyl/N-ethyl adjacent to an activating group) is 1. The average Bonchev–Trinajstić information content (AvgIpc) is 2.14.